The van der Waals surface area contributed by atoms with E-state index in [0.29, 0.717) is 13.1 Å². The van der Waals surface area contributed by atoms with E-state index in [9.17, 15) is 10.1 Å². The average molecular weight is 252 g/mol. The summed E-state index contributed by atoms with van der Waals surface area (Å²) < 4.78 is 0. The van der Waals surface area contributed by atoms with Crippen LogP contribution in [0, 0.1) is 16.0 Å². The highest BCUT2D eigenvalue weighted by molar-refractivity contribution is 5.82. The van der Waals surface area contributed by atoms with Gasteiger partial charge < -0.3 is 16.3 Å². The van der Waals surface area contributed by atoms with Crippen molar-refractivity contribution in [1.29, 1.82) is 0 Å². The van der Waals surface area contributed by atoms with Crippen LogP contribution in [0.1, 0.15) is 12.5 Å². The molecule has 0 bridgehead atoms. The van der Waals surface area contributed by atoms with Gasteiger partial charge >= 0.3 is 0 Å². The molecule has 98 valence electrons. The molecule has 7 heteroatoms. The minimum Gasteiger partial charge on any atom is -0.409 e. The number of hydrogen-bond acceptors (Lipinski definition) is 5. The lowest BCUT2D eigenvalue weighted by molar-refractivity contribution is -0.384. The number of rotatable bonds is 6. The summed E-state index contributed by atoms with van der Waals surface area (Å²) in [4.78, 5) is 10.2. The summed E-state index contributed by atoms with van der Waals surface area (Å²) >= 11 is 0. The SMILES string of the molecule is CC(CNCc1cccc([N+](=O)[O-])c1)C(N)=NO. The van der Waals surface area contributed by atoms with Gasteiger partial charge in [0.05, 0.1) is 4.92 Å². The second kappa shape index (κ2) is 6.55. The van der Waals surface area contributed by atoms with Gasteiger partial charge in [0.1, 0.15) is 5.84 Å². The monoisotopic (exact) mass is 252 g/mol. The number of non-ortho nitro benzene ring substituents is 1. The van der Waals surface area contributed by atoms with Gasteiger partial charge in [-0.2, -0.15) is 0 Å². The Balaban J connectivity index is 2.49. The summed E-state index contributed by atoms with van der Waals surface area (Å²) in [5, 5.41) is 25.1. The highest BCUT2D eigenvalue weighted by atomic mass is 16.6. The molecule has 0 spiro atoms. The lowest BCUT2D eigenvalue weighted by Gasteiger charge is -2.10. The summed E-state index contributed by atoms with van der Waals surface area (Å²) in [6.45, 7) is 2.83. The van der Waals surface area contributed by atoms with Crippen LogP contribution in [0.2, 0.25) is 0 Å². The molecule has 7 nitrogen and oxygen atoms in total. The van der Waals surface area contributed by atoms with Gasteiger partial charge in [-0.15, -0.1) is 0 Å². The maximum atomic E-state index is 10.6. The standard InChI is InChI=1S/C11H16N4O3/c1-8(11(12)14-16)6-13-7-9-3-2-4-10(5-9)15(17)18/h2-5,8,13,16H,6-7H2,1H3,(H2,12,14). The summed E-state index contributed by atoms with van der Waals surface area (Å²) in [5.41, 5.74) is 6.31. The molecule has 1 rings (SSSR count). The van der Waals surface area contributed by atoms with Crippen LogP contribution in [0.25, 0.3) is 0 Å². The van der Waals surface area contributed by atoms with Gasteiger partial charge in [-0.1, -0.05) is 24.2 Å². The number of nitrogens with zero attached hydrogens (tertiary/aromatic N) is 2. The summed E-state index contributed by atoms with van der Waals surface area (Å²) in [6.07, 6.45) is 0. The van der Waals surface area contributed by atoms with Crippen LogP contribution in [-0.4, -0.2) is 22.5 Å². The topological polar surface area (TPSA) is 114 Å². The van der Waals surface area contributed by atoms with Crippen LogP contribution in [0.5, 0.6) is 0 Å². The van der Waals surface area contributed by atoms with E-state index < -0.39 is 4.92 Å². The van der Waals surface area contributed by atoms with Crippen molar-refractivity contribution >= 4 is 11.5 Å². The van der Waals surface area contributed by atoms with Crippen molar-refractivity contribution in [2.45, 2.75) is 13.5 Å². The average Bonchev–Trinajstić information content (AvgIpc) is 2.38. The summed E-state index contributed by atoms with van der Waals surface area (Å²) in [6, 6.07) is 6.40. The third-order valence-electron chi connectivity index (χ3n) is 2.52. The fourth-order valence-electron chi connectivity index (χ4n) is 1.42. The summed E-state index contributed by atoms with van der Waals surface area (Å²) in [7, 11) is 0. The number of nitro groups is 1. The Morgan fingerprint density at radius 3 is 3.00 bits per heavy atom. The zero-order valence-corrected chi connectivity index (χ0v) is 10.0. The molecule has 0 aliphatic carbocycles. The van der Waals surface area contributed by atoms with E-state index >= 15 is 0 Å². The Hall–Kier alpha value is -2.15. The molecule has 0 radical (unpaired) electrons. The Morgan fingerprint density at radius 2 is 2.39 bits per heavy atom. The van der Waals surface area contributed by atoms with Crippen LogP contribution in [0.15, 0.2) is 29.4 Å². The molecule has 0 fully saturated rings. The van der Waals surface area contributed by atoms with E-state index in [0.717, 1.165) is 5.56 Å². The third kappa shape index (κ3) is 4.02. The summed E-state index contributed by atoms with van der Waals surface area (Å²) in [5.74, 6) is 0.0511. The molecule has 0 saturated carbocycles. The van der Waals surface area contributed by atoms with Crippen molar-refractivity contribution in [2.75, 3.05) is 6.54 Å². The molecule has 1 atom stereocenters. The van der Waals surface area contributed by atoms with E-state index in [1.165, 1.54) is 12.1 Å². The number of nitrogens with one attached hydrogen (secondary N) is 1. The first-order valence-electron chi connectivity index (χ1n) is 5.46. The van der Waals surface area contributed by atoms with E-state index in [1.54, 1.807) is 12.1 Å². The third-order valence-corrected chi connectivity index (χ3v) is 2.52. The van der Waals surface area contributed by atoms with Crippen molar-refractivity contribution in [2.24, 2.45) is 16.8 Å². The zero-order chi connectivity index (χ0) is 13.5. The highest BCUT2D eigenvalue weighted by Gasteiger charge is 2.08. The van der Waals surface area contributed by atoms with Crippen LogP contribution >= 0.6 is 0 Å². The number of benzene rings is 1. The van der Waals surface area contributed by atoms with Crippen molar-refractivity contribution in [3.63, 3.8) is 0 Å². The van der Waals surface area contributed by atoms with Gasteiger partial charge in [0, 0.05) is 31.1 Å². The normalized spacial score (nSPS) is 13.3. The Bertz CT molecular complexity index is 448. The minimum atomic E-state index is -0.428. The molecule has 0 aliphatic rings. The lowest BCUT2D eigenvalue weighted by Crippen LogP contribution is -2.31. The fourth-order valence-corrected chi connectivity index (χ4v) is 1.42. The molecule has 4 N–H and O–H groups in total. The van der Waals surface area contributed by atoms with Gasteiger partial charge in [0.25, 0.3) is 5.69 Å². The maximum Gasteiger partial charge on any atom is 0.269 e. The highest BCUT2D eigenvalue weighted by Crippen LogP contribution is 2.12. The van der Waals surface area contributed by atoms with E-state index in [1.807, 2.05) is 6.92 Å². The van der Waals surface area contributed by atoms with E-state index in [4.69, 9.17) is 10.9 Å². The molecule has 0 heterocycles. The van der Waals surface area contributed by atoms with Crippen LogP contribution in [0.3, 0.4) is 0 Å². The Labute approximate surface area is 104 Å². The first-order chi connectivity index (χ1) is 8.54. The largest absolute Gasteiger partial charge is 0.409 e. The molecule has 18 heavy (non-hydrogen) atoms. The molecular weight excluding hydrogens is 236 g/mol. The number of nitrogens with two attached hydrogens (primary N) is 1. The van der Waals surface area contributed by atoms with Gasteiger partial charge in [-0.3, -0.25) is 10.1 Å². The van der Waals surface area contributed by atoms with Crippen molar-refractivity contribution in [3.8, 4) is 0 Å². The van der Waals surface area contributed by atoms with E-state index in [-0.39, 0.29) is 17.4 Å². The second-order valence-corrected chi connectivity index (χ2v) is 3.98. The first-order valence-corrected chi connectivity index (χ1v) is 5.46. The minimum absolute atomic E-state index is 0.0683. The maximum absolute atomic E-state index is 10.6. The molecule has 0 aliphatic heterocycles. The van der Waals surface area contributed by atoms with Crippen molar-refractivity contribution in [3.05, 3.63) is 39.9 Å². The van der Waals surface area contributed by atoms with Crippen molar-refractivity contribution < 1.29 is 10.1 Å². The smallest absolute Gasteiger partial charge is 0.269 e. The lowest BCUT2D eigenvalue weighted by atomic mass is 10.1. The number of nitro benzene ring substituents is 1. The quantitative estimate of drug-likeness (QED) is 0.230. The second-order valence-electron chi connectivity index (χ2n) is 3.98. The van der Waals surface area contributed by atoms with Crippen LogP contribution in [-0.2, 0) is 6.54 Å². The van der Waals surface area contributed by atoms with E-state index in [2.05, 4.69) is 10.5 Å². The molecular formula is C11H16N4O3. The predicted octanol–water partition coefficient (Wildman–Crippen LogP) is 1.07. The Kier molecular flexibility index (Phi) is 5.06. The van der Waals surface area contributed by atoms with Gasteiger partial charge in [-0.25, -0.2) is 0 Å². The molecule has 0 aromatic heterocycles. The molecule has 0 amide bonds. The number of hydrogen-bond donors (Lipinski definition) is 3. The number of oxime groups is 1. The van der Waals surface area contributed by atoms with Gasteiger partial charge in [0.15, 0.2) is 0 Å². The Morgan fingerprint density at radius 1 is 1.67 bits per heavy atom. The molecule has 1 unspecified atom stereocenters. The zero-order valence-electron chi connectivity index (χ0n) is 10.0. The predicted molar refractivity (Wildman–Crippen MR) is 67.4 cm³/mol. The van der Waals surface area contributed by atoms with Crippen LogP contribution in [0.4, 0.5) is 5.69 Å². The van der Waals surface area contributed by atoms with Gasteiger partial charge in [0.2, 0.25) is 0 Å². The van der Waals surface area contributed by atoms with Crippen molar-refractivity contribution in [1.82, 2.24) is 5.32 Å². The molecule has 0 saturated heterocycles. The number of amidine groups is 1. The molecule has 1 aromatic rings. The van der Waals surface area contributed by atoms with Crippen LogP contribution < -0.4 is 11.1 Å². The molecule has 1 aromatic carbocycles. The van der Waals surface area contributed by atoms with Gasteiger partial charge in [-0.05, 0) is 5.56 Å². The fraction of sp³-hybridized carbons (Fsp3) is 0.364. The first kappa shape index (κ1) is 13.9.